The maximum atomic E-state index is 11.5. The number of ether oxygens (including phenoxy) is 1. The zero-order valence-corrected chi connectivity index (χ0v) is 11.4. The van der Waals surface area contributed by atoms with Gasteiger partial charge < -0.3 is 15.2 Å². The van der Waals surface area contributed by atoms with Crippen LogP contribution >= 0.6 is 0 Å². The normalized spacial score (nSPS) is 17.8. The minimum Gasteiger partial charge on any atom is -0.508 e. The van der Waals surface area contributed by atoms with Crippen LogP contribution in [-0.2, 0) is 14.3 Å². The zero-order chi connectivity index (χ0) is 15.1. The molecule has 1 heterocycles. The largest absolute Gasteiger partial charge is 0.508 e. The van der Waals surface area contributed by atoms with Crippen LogP contribution in [0, 0.1) is 0 Å². The number of rotatable bonds is 4. The number of phenolic OH excluding ortho intramolecular Hbond substituents is 1. The van der Waals surface area contributed by atoms with Gasteiger partial charge in [-0.3, -0.25) is 9.59 Å². The Hall–Kier alpha value is -2.41. The number of phenols is 1. The van der Waals surface area contributed by atoms with Crippen LogP contribution in [0.4, 0.5) is 0 Å². The molecule has 21 heavy (non-hydrogen) atoms. The van der Waals surface area contributed by atoms with Crippen LogP contribution in [0.5, 0.6) is 5.75 Å². The van der Waals surface area contributed by atoms with E-state index in [0.717, 1.165) is 12.8 Å². The van der Waals surface area contributed by atoms with Gasteiger partial charge in [0.05, 0.1) is 12.3 Å². The van der Waals surface area contributed by atoms with E-state index >= 15 is 0 Å². The molecule has 3 N–H and O–H groups in total. The molecule has 0 saturated carbocycles. The minimum absolute atomic E-state index is 0.0118. The van der Waals surface area contributed by atoms with Gasteiger partial charge in [0.1, 0.15) is 5.75 Å². The van der Waals surface area contributed by atoms with Gasteiger partial charge in [0.25, 0.3) is 0 Å². The first kappa shape index (κ1) is 15.0. The number of nitrogens with one attached hydrogen (secondary N) is 2. The maximum absolute atomic E-state index is 11.5. The molecule has 2 amide bonds. The second kappa shape index (κ2) is 7.39. The van der Waals surface area contributed by atoms with Crippen LogP contribution in [-0.4, -0.2) is 42.4 Å². The standard InChI is InChI=1S/C14H17N3O4/c18-11-5-3-10(4-6-11)8-16-17-14(20)13(19)15-9-12-2-1-7-21-12/h3-6,8,12,18H,1-2,7,9H2,(H,15,19)(H,17,20)/b16-8-/t12-/m1/s1. The lowest BCUT2D eigenvalue weighted by Crippen LogP contribution is -2.41. The fraction of sp³-hybridized carbons (Fsp3) is 0.357. The molecule has 1 aromatic carbocycles. The number of hydrogen-bond acceptors (Lipinski definition) is 5. The van der Waals surface area contributed by atoms with Crippen molar-refractivity contribution in [3.05, 3.63) is 29.8 Å². The van der Waals surface area contributed by atoms with Crippen molar-refractivity contribution in [3.63, 3.8) is 0 Å². The van der Waals surface area contributed by atoms with Gasteiger partial charge in [0, 0.05) is 13.2 Å². The van der Waals surface area contributed by atoms with Crippen molar-refractivity contribution in [2.24, 2.45) is 5.10 Å². The third-order valence-electron chi connectivity index (χ3n) is 2.99. The van der Waals surface area contributed by atoms with Gasteiger partial charge in [-0.05, 0) is 42.7 Å². The van der Waals surface area contributed by atoms with Gasteiger partial charge in [-0.15, -0.1) is 0 Å². The Balaban J connectivity index is 1.72. The smallest absolute Gasteiger partial charge is 0.329 e. The number of benzene rings is 1. The lowest BCUT2D eigenvalue weighted by molar-refractivity contribution is -0.139. The molecule has 7 heteroatoms. The van der Waals surface area contributed by atoms with E-state index < -0.39 is 11.8 Å². The third-order valence-corrected chi connectivity index (χ3v) is 2.99. The highest BCUT2D eigenvalue weighted by molar-refractivity contribution is 6.35. The van der Waals surface area contributed by atoms with E-state index in [1.54, 1.807) is 12.1 Å². The SMILES string of the molecule is O=C(NC[C@H]1CCCO1)C(=O)N/N=C\c1ccc(O)cc1. The summed E-state index contributed by atoms with van der Waals surface area (Å²) in [6.07, 6.45) is 3.23. The molecule has 0 aliphatic carbocycles. The molecule has 0 aromatic heterocycles. The molecule has 112 valence electrons. The summed E-state index contributed by atoms with van der Waals surface area (Å²) < 4.78 is 5.34. The van der Waals surface area contributed by atoms with E-state index in [4.69, 9.17) is 9.84 Å². The summed E-state index contributed by atoms with van der Waals surface area (Å²) in [6.45, 7) is 1.03. The van der Waals surface area contributed by atoms with Gasteiger partial charge in [0.2, 0.25) is 0 Å². The summed E-state index contributed by atoms with van der Waals surface area (Å²) in [6, 6.07) is 6.25. The van der Waals surface area contributed by atoms with Crippen molar-refractivity contribution in [2.45, 2.75) is 18.9 Å². The number of hydrogen-bond donors (Lipinski definition) is 3. The second-order valence-corrected chi connectivity index (χ2v) is 4.64. The van der Waals surface area contributed by atoms with Gasteiger partial charge in [-0.1, -0.05) is 0 Å². The van der Waals surface area contributed by atoms with Crippen LogP contribution in [0.2, 0.25) is 0 Å². The first-order valence-corrected chi connectivity index (χ1v) is 6.67. The fourth-order valence-corrected chi connectivity index (χ4v) is 1.87. The molecule has 2 rings (SSSR count). The van der Waals surface area contributed by atoms with Crippen molar-refractivity contribution in [2.75, 3.05) is 13.2 Å². The number of hydrazone groups is 1. The summed E-state index contributed by atoms with van der Waals surface area (Å²) in [7, 11) is 0. The van der Waals surface area contributed by atoms with Crippen LogP contribution in [0.15, 0.2) is 29.4 Å². The lowest BCUT2D eigenvalue weighted by Gasteiger charge is -2.09. The summed E-state index contributed by atoms with van der Waals surface area (Å²) in [4.78, 5) is 23.0. The second-order valence-electron chi connectivity index (χ2n) is 4.64. The molecule has 1 atom stereocenters. The number of carbonyl (C=O) groups is 2. The summed E-state index contributed by atoms with van der Waals surface area (Å²) in [5, 5.41) is 15.3. The average molecular weight is 291 g/mol. The van der Waals surface area contributed by atoms with Crippen LogP contribution < -0.4 is 10.7 Å². The third kappa shape index (κ3) is 4.88. The Morgan fingerprint density at radius 3 is 2.76 bits per heavy atom. The molecule has 0 bridgehead atoms. The monoisotopic (exact) mass is 291 g/mol. The maximum Gasteiger partial charge on any atom is 0.329 e. The molecule has 1 saturated heterocycles. The fourth-order valence-electron chi connectivity index (χ4n) is 1.87. The van der Waals surface area contributed by atoms with Crippen molar-refractivity contribution >= 4 is 18.0 Å². The Labute approximate surface area is 122 Å². The highest BCUT2D eigenvalue weighted by atomic mass is 16.5. The van der Waals surface area contributed by atoms with E-state index in [1.807, 2.05) is 0 Å². The molecular formula is C14H17N3O4. The molecule has 0 unspecified atom stereocenters. The number of amides is 2. The van der Waals surface area contributed by atoms with Crippen LogP contribution in [0.1, 0.15) is 18.4 Å². The topological polar surface area (TPSA) is 100 Å². The van der Waals surface area contributed by atoms with Crippen molar-refractivity contribution in [1.29, 1.82) is 0 Å². The number of nitrogens with zero attached hydrogens (tertiary/aromatic N) is 1. The van der Waals surface area contributed by atoms with E-state index in [1.165, 1.54) is 18.3 Å². The van der Waals surface area contributed by atoms with E-state index in [-0.39, 0.29) is 11.9 Å². The Morgan fingerprint density at radius 2 is 2.10 bits per heavy atom. The molecule has 0 radical (unpaired) electrons. The van der Waals surface area contributed by atoms with Gasteiger partial charge in [-0.2, -0.15) is 5.10 Å². The quantitative estimate of drug-likeness (QED) is 0.417. The van der Waals surface area contributed by atoms with E-state index in [0.29, 0.717) is 18.7 Å². The van der Waals surface area contributed by atoms with Crippen molar-refractivity contribution < 1.29 is 19.4 Å². The van der Waals surface area contributed by atoms with Gasteiger partial charge >= 0.3 is 11.8 Å². The Kier molecular flexibility index (Phi) is 5.28. The van der Waals surface area contributed by atoms with Crippen LogP contribution in [0.25, 0.3) is 0 Å². The van der Waals surface area contributed by atoms with Gasteiger partial charge in [-0.25, -0.2) is 5.43 Å². The Morgan fingerprint density at radius 1 is 1.33 bits per heavy atom. The molecule has 0 spiro atoms. The van der Waals surface area contributed by atoms with E-state index in [2.05, 4.69) is 15.8 Å². The Bertz CT molecular complexity index is 522. The van der Waals surface area contributed by atoms with Crippen molar-refractivity contribution in [1.82, 2.24) is 10.7 Å². The summed E-state index contributed by atoms with van der Waals surface area (Å²) >= 11 is 0. The van der Waals surface area contributed by atoms with Crippen molar-refractivity contribution in [3.8, 4) is 5.75 Å². The zero-order valence-electron chi connectivity index (χ0n) is 11.4. The predicted octanol–water partition coefficient (Wildman–Crippen LogP) is 0.138. The lowest BCUT2D eigenvalue weighted by atomic mass is 10.2. The molecule has 1 fully saturated rings. The number of aromatic hydroxyl groups is 1. The number of carbonyl (C=O) groups excluding carboxylic acids is 2. The molecule has 1 aliphatic rings. The average Bonchev–Trinajstić information content (AvgIpc) is 3.00. The molecule has 1 aromatic rings. The molecule has 7 nitrogen and oxygen atoms in total. The summed E-state index contributed by atoms with van der Waals surface area (Å²) in [5.41, 5.74) is 2.82. The summed E-state index contributed by atoms with van der Waals surface area (Å²) in [5.74, 6) is -1.43. The highest BCUT2D eigenvalue weighted by Gasteiger charge is 2.18. The van der Waals surface area contributed by atoms with Gasteiger partial charge in [0.15, 0.2) is 0 Å². The molecule has 1 aliphatic heterocycles. The molecular weight excluding hydrogens is 274 g/mol. The first-order valence-electron chi connectivity index (χ1n) is 6.67. The predicted molar refractivity (Wildman–Crippen MR) is 75.8 cm³/mol. The van der Waals surface area contributed by atoms with E-state index in [9.17, 15) is 9.59 Å². The highest BCUT2D eigenvalue weighted by Crippen LogP contribution is 2.10. The first-order chi connectivity index (χ1) is 10.1. The minimum atomic E-state index is -0.831. The van der Waals surface area contributed by atoms with Crippen LogP contribution in [0.3, 0.4) is 0 Å².